The van der Waals surface area contributed by atoms with Gasteiger partial charge in [0.05, 0.1) is 17.9 Å². The first kappa shape index (κ1) is 22.8. The second-order valence-electron chi connectivity index (χ2n) is 7.96. The molecule has 1 atom stereocenters. The van der Waals surface area contributed by atoms with Crippen molar-refractivity contribution in [2.24, 2.45) is 11.7 Å². The number of carbonyl (C=O) groups is 1. The number of benzene rings is 1. The van der Waals surface area contributed by atoms with Gasteiger partial charge in [-0.05, 0) is 43.5 Å². The molecule has 6 nitrogen and oxygen atoms in total. The average Bonchev–Trinajstić information content (AvgIpc) is 3.03. The molecule has 0 aliphatic heterocycles. The van der Waals surface area contributed by atoms with E-state index in [1.54, 1.807) is 23.6 Å². The fourth-order valence-electron chi connectivity index (χ4n) is 3.17. The van der Waals surface area contributed by atoms with E-state index in [9.17, 15) is 13.6 Å². The quantitative estimate of drug-likeness (QED) is 0.518. The molecule has 0 fully saturated rings. The van der Waals surface area contributed by atoms with Gasteiger partial charge >= 0.3 is 0 Å². The van der Waals surface area contributed by atoms with E-state index in [0.29, 0.717) is 22.8 Å². The SMILES string of the molecule is Cc1cc(OCc2c(F)cccc2F)c2nc(C)c(C(=O)COCC(N)C(C)C)n2c1. The molecule has 3 rings (SSSR count). The fourth-order valence-corrected chi connectivity index (χ4v) is 3.17. The minimum atomic E-state index is -0.684. The Morgan fingerprint density at radius 3 is 2.55 bits per heavy atom. The Kier molecular flexibility index (Phi) is 7.02. The van der Waals surface area contributed by atoms with E-state index in [-0.39, 0.29) is 43.1 Å². The topological polar surface area (TPSA) is 78.8 Å². The van der Waals surface area contributed by atoms with Crippen LogP contribution in [0.4, 0.5) is 8.78 Å². The zero-order valence-electron chi connectivity index (χ0n) is 18.1. The summed E-state index contributed by atoms with van der Waals surface area (Å²) in [5, 5.41) is 0. The van der Waals surface area contributed by atoms with E-state index in [4.69, 9.17) is 15.2 Å². The second kappa shape index (κ2) is 9.53. The number of halogens is 2. The Morgan fingerprint density at radius 1 is 1.23 bits per heavy atom. The van der Waals surface area contributed by atoms with Crippen molar-refractivity contribution in [2.45, 2.75) is 40.3 Å². The van der Waals surface area contributed by atoms with Crippen molar-refractivity contribution >= 4 is 11.4 Å². The lowest BCUT2D eigenvalue weighted by atomic mass is 10.1. The molecule has 0 saturated heterocycles. The van der Waals surface area contributed by atoms with Crippen molar-refractivity contribution in [1.29, 1.82) is 0 Å². The molecule has 2 heterocycles. The van der Waals surface area contributed by atoms with Crippen molar-refractivity contribution in [1.82, 2.24) is 9.38 Å². The molecule has 8 heteroatoms. The van der Waals surface area contributed by atoms with Gasteiger partial charge < -0.3 is 15.2 Å². The Hall–Kier alpha value is -2.84. The molecule has 166 valence electrons. The van der Waals surface area contributed by atoms with Crippen molar-refractivity contribution in [3.8, 4) is 5.75 Å². The largest absolute Gasteiger partial charge is 0.485 e. The third-order valence-electron chi connectivity index (χ3n) is 5.09. The molecule has 2 aromatic heterocycles. The molecule has 2 N–H and O–H groups in total. The summed E-state index contributed by atoms with van der Waals surface area (Å²) in [5.74, 6) is -1.04. The number of aryl methyl sites for hydroxylation is 2. The van der Waals surface area contributed by atoms with Crippen LogP contribution >= 0.6 is 0 Å². The van der Waals surface area contributed by atoms with Crippen LogP contribution in [0, 0.1) is 31.4 Å². The van der Waals surface area contributed by atoms with Gasteiger partial charge in [0, 0.05) is 12.2 Å². The summed E-state index contributed by atoms with van der Waals surface area (Å²) in [5.41, 5.74) is 7.86. The minimum absolute atomic E-state index is 0.125. The number of aromatic nitrogens is 2. The van der Waals surface area contributed by atoms with Crippen LogP contribution in [0.2, 0.25) is 0 Å². The molecule has 0 saturated carbocycles. The third kappa shape index (κ3) is 5.08. The van der Waals surface area contributed by atoms with E-state index >= 15 is 0 Å². The van der Waals surface area contributed by atoms with Crippen LogP contribution in [0.1, 0.15) is 41.2 Å². The van der Waals surface area contributed by atoms with Crippen LogP contribution in [0.25, 0.3) is 5.65 Å². The number of nitrogens with zero attached hydrogens (tertiary/aromatic N) is 2. The number of Topliss-reactive ketones (excluding diaryl/α,β-unsaturated/α-hetero) is 1. The Morgan fingerprint density at radius 2 is 1.90 bits per heavy atom. The highest BCUT2D eigenvalue weighted by atomic mass is 19.1. The number of imidazole rings is 1. The molecule has 0 amide bonds. The van der Waals surface area contributed by atoms with E-state index in [2.05, 4.69) is 4.98 Å². The minimum Gasteiger partial charge on any atom is -0.485 e. The van der Waals surface area contributed by atoms with Crippen molar-refractivity contribution in [3.05, 3.63) is 64.6 Å². The maximum absolute atomic E-state index is 13.9. The normalized spacial score (nSPS) is 12.5. The number of fused-ring (bicyclic) bond motifs is 1. The number of rotatable bonds is 9. The van der Waals surface area contributed by atoms with Gasteiger partial charge in [0.2, 0.25) is 5.78 Å². The van der Waals surface area contributed by atoms with Crippen LogP contribution in [-0.4, -0.2) is 34.4 Å². The van der Waals surface area contributed by atoms with E-state index < -0.39 is 11.6 Å². The van der Waals surface area contributed by atoms with Gasteiger partial charge in [-0.25, -0.2) is 13.8 Å². The number of pyridine rings is 1. The molecule has 0 radical (unpaired) electrons. The van der Waals surface area contributed by atoms with Gasteiger partial charge in [0.25, 0.3) is 0 Å². The summed E-state index contributed by atoms with van der Waals surface area (Å²) in [6.45, 7) is 7.38. The summed E-state index contributed by atoms with van der Waals surface area (Å²) in [4.78, 5) is 17.3. The number of nitrogens with two attached hydrogens (primary N) is 1. The average molecular weight is 431 g/mol. The van der Waals surface area contributed by atoms with Crippen LogP contribution < -0.4 is 10.5 Å². The van der Waals surface area contributed by atoms with Gasteiger partial charge in [0.1, 0.15) is 30.5 Å². The van der Waals surface area contributed by atoms with Crippen molar-refractivity contribution in [3.63, 3.8) is 0 Å². The maximum atomic E-state index is 13.9. The molecule has 1 aromatic carbocycles. The molecule has 1 unspecified atom stereocenters. The predicted molar refractivity (Wildman–Crippen MR) is 113 cm³/mol. The summed E-state index contributed by atoms with van der Waals surface area (Å²) in [6, 6.07) is 5.21. The Labute approximate surface area is 180 Å². The van der Waals surface area contributed by atoms with Crippen LogP contribution in [0.15, 0.2) is 30.5 Å². The van der Waals surface area contributed by atoms with Gasteiger partial charge in [0.15, 0.2) is 11.4 Å². The zero-order chi connectivity index (χ0) is 22.7. The van der Waals surface area contributed by atoms with Gasteiger partial charge in [-0.15, -0.1) is 0 Å². The molecular formula is C23H27F2N3O3. The summed E-state index contributed by atoms with van der Waals surface area (Å²) in [6.07, 6.45) is 1.76. The van der Waals surface area contributed by atoms with Crippen molar-refractivity contribution in [2.75, 3.05) is 13.2 Å². The smallest absolute Gasteiger partial charge is 0.207 e. The molecule has 0 aliphatic carbocycles. The molecule has 3 aromatic rings. The molecule has 31 heavy (non-hydrogen) atoms. The van der Waals surface area contributed by atoms with Crippen LogP contribution in [0.5, 0.6) is 5.75 Å². The van der Waals surface area contributed by atoms with Gasteiger partial charge in [-0.1, -0.05) is 19.9 Å². The zero-order valence-corrected chi connectivity index (χ0v) is 18.1. The first-order valence-electron chi connectivity index (χ1n) is 10.1. The van der Waals surface area contributed by atoms with Crippen LogP contribution in [-0.2, 0) is 11.3 Å². The summed E-state index contributed by atoms with van der Waals surface area (Å²) < 4.78 is 40.7. The third-order valence-corrected chi connectivity index (χ3v) is 5.09. The van der Waals surface area contributed by atoms with Gasteiger partial charge in [-0.3, -0.25) is 9.20 Å². The highest BCUT2D eigenvalue weighted by Crippen LogP contribution is 2.26. The molecular weight excluding hydrogens is 404 g/mol. The van der Waals surface area contributed by atoms with Gasteiger partial charge in [-0.2, -0.15) is 0 Å². The highest BCUT2D eigenvalue weighted by molar-refractivity contribution is 5.97. The number of ether oxygens (including phenoxy) is 2. The standard InChI is InChI=1S/C23H27F2N3O3/c1-13(2)19(26)11-30-12-20(29)22-15(4)27-23-21(8-14(3)9-28(22)23)31-10-16-17(24)6-5-7-18(16)25/h5-9,13,19H,10-12,26H2,1-4H3. The number of carbonyl (C=O) groups excluding carboxylic acids is 1. The van der Waals surface area contributed by atoms with Crippen LogP contribution in [0.3, 0.4) is 0 Å². The monoisotopic (exact) mass is 431 g/mol. The first-order valence-corrected chi connectivity index (χ1v) is 10.1. The summed E-state index contributed by atoms with van der Waals surface area (Å²) in [7, 11) is 0. The number of ketones is 1. The Balaban J connectivity index is 1.85. The first-order chi connectivity index (χ1) is 14.7. The van der Waals surface area contributed by atoms with E-state index in [0.717, 1.165) is 5.56 Å². The predicted octanol–water partition coefficient (Wildman–Crippen LogP) is 3.99. The highest BCUT2D eigenvalue weighted by Gasteiger charge is 2.21. The number of hydrogen-bond donors (Lipinski definition) is 1. The molecule has 0 aliphatic rings. The lowest BCUT2D eigenvalue weighted by Gasteiger charge is -2.15. The fraction of sp³-hybridized carbons (Fsp3) is 0.391. The summed E-state index contributed by atoms with van der Waals surface area (Å²) >= 11 is 0. The second-order valence-corrected chi connectivity index (χ2v) is 7.96. The molecule has 0 spiro atoms. The Bertz CT molecular complexity index is 1080. The van der Waals surface area contributed by atoms with Crippen molar-refractivity contribution < 1.29 is 23.0 Å². The van der Waals surface area contributed by atoms with E-state index in [1.807, 2.05) is 20.8 Å². The lowest BCUT2D eigenvalue weighted by Crippen LogP contribution is -2.32. The van der Waals surface area contributed by atoms with E-state index in [1.165, 1.54) is 18.2 Å². The maximum Gasteiger partial charge on any atom is 0.207 e. The number of hydrogen-bond acceptors (Lipinski definition) is 5. The molecule has 0 bridgehead atoms. The lowest BCUT2D eigenvalue weighted by molar-refractivity contribution is 0.0702.